The van der Waals surface area contributed by atoms with Gasteiger partial charge in [0.25, 0.3) is 0 Å². The highest BCUT2D eigenvalue weighted by Crippen LogP contribution is 2.27. The van der Waals surface area contributed by atoms with Crippen molar-refractivity contribution in [1.29, 1.82) is 0 Å². The van der Waals surface area contributed by atoms with Crippen LogP contribution >= 0.6 is 0 Å². The minimum Gasteiger partial charge on any atom is -0.505 e. The molecule has 0 aliphatic heterocycles. The van der Waals surface area contributed by atoms with Gasteiger partial charge in [-0.1, -0.05) is 0 Å². The fourth-order valence-electron chi connectivity index (χ4n) is 2.43. The maximum Gasteiger partial charge on any atom is 0.229 e. The highest BCUT2D eigenvalue weighted by molar-refractivity contribution is 7.92. The second-order valence-electron chi connectivity index (χ2n) is 5.86. The number of aromatic amines is 1. The number of hydrogen-bond donors (Lipinski definition) is 4. The van der Waals surface area contributed by atoms with Crippen molar-refractivity contribution in [1.82, 2.24) is 10.2 Å². The molecule has 7 nitrogen and oxygen atoms in total. The zero-order valence-corrected chi connectivity index (χ0v) is 14.9. The van der Waals surface area contributed by atoms with Crippen LogP contribution in [0.2, 0.25) is 0 Å². The summed E-state index contributed by atoms with van der Waals surface area (Å²) >= 11 is 0. The number of halogens is 1. The van der Waals surface area contributed by atoms with Crippen LogP contribution in [0, 0.1) is 12.7 Å². The molecule has 0 spiro atoms. The van der Waals surface area contributed by atoms with Crippen molar-refractivity contribution in [2.75, 3.05) is 16.3 Å². The maximum atomic E-state index is 13.5. The number of benzene rings is 2. The Balaban J connectivity index is 1.79. The zero-order valence-electron chi connectivity index (χ0n) is 14.0. The summed E-state index contributed by atoms with van der Waals surface area (Å²) < 4.78 is 38.5. The average Bonchev–Trinajstić information content (AvgIpc) is 3.00. The van der Waals surface area contributed by atoms with Gasteiger partial charge in [-0.3, -0.25) is 9.82 Å². The zero-order chi connectivity index (χ0) is 18.9. The molecule has 4 N–H and O–H groups in total. The predicted octanol–water partition coefficient (Wildman–Crippen LogP) is 3.34. The molecular formula is C17H17FN4O3S. The third kappa shape index (κ3) is 4.12. The molecule has 0 bridgehead atoms. The van der Waals surface area contributed by atoms with Crippen molar-refractivity contribution in [2.45, 2.75) is 6.92 Å². The minimum atomic E-state index is -3.34. The van der Waals surface area contributed by atoms with E-state index < -0.39 is 21.6 Å². The number of sulfonamides is 1. The van der Waals surface area contributed by atoms with Crippen LogP contribution in [-0.4, -0.2) is 30.0 Å². The van der Waals surface area contributed by atoms with Crippen LogP contribution < -0.4 is 10.0 Å². The second kappa shape index (κ2) is 6.68. The highest BCUT2D eigenvalue weighted by Gasteiger charge is 2.09. The smallest absolute Gasteiger partial charge is 0.229 e. The third-order valence-corrected chi connectivity index (χ3v) is 4.24. The normalized spacial score (nSPS) is 11.3. The lowest BCUT2D eigenvalue weighted by atomic mass is 10.1. The molecule has 0 aliphatic carbocycles. The highest BCUT2D eigenvalue weighted by atomic mass is 32.2. The molecule has 0 amide bonds. The molecule has 26 heavy (non-hydrogen) atoms. The Morgan fingerprint density at radius 2 is 1.92 bits per heavy atom. The first-order chi connectivity index (χ1) is 12.2. The Morgan fingerprint density at radius 1 is 1.15 bits per heavy atom. The number of nitrogens with zero attached hydrogens (tertiary/aromatic N) is 1. The fourth-order valence-corrected chi connectivity index (χ4v) is 2.98. The number of aromatic nitrogens is 2. The molecule has 3 aromatic rings. The van der Waals surface area contributed by atoms with Gasteiger partial charge in [-0.2, -0.15) is 5.10 Å². The monoisotopic (exact) mass is 376 g/mol. The SMILES string of the molecule is Cc1cc(NS(C)(=O)=O)ccc1Nc1cc(-c2ccc(O)c(F)c2)[nH]n1. The van der Waals surface area contributed by atoms with Gasteiger partial charge >= 0.3 is 0 Å². The molecule has 136 valence electrons. The van der Waals surface area contributed by atoms with E-state index in [2.05, 4.69) is 20.2 Å². The third-order valence-electron chi connectivity index (χ3n) is 3.63. The molecule has 0 aliphatic rings. The first kappa shape index (κ1) is 17.7. The Hall–Kier alpha value is -3.07. The molecule has 0 saturated carbocycles. The van der Waals surface area contributed by atoms with Crippen molar-refractivity contribution in [3.05, 3.63) is 53.8 Å². The van der Waals surface area contributed by atoms with Crippen LogP contribution in [-0.2, 0) is 10.0 Å². The lowest BCUT2D eigenvalue weighted by Crippen LogP contribution is -2.09. The van der Waals surface area contributed by atoms with Crippen LogP contribution in [0.1, 0.15) is 5.56 Å². The fraction of sp³-hybridized carbons (Fsp3) is 0.118. The van der Waals surface area contributed by atoms with Gasteiger partial charge in [0, 0.05) is 23.0 Å². The number of rotatable bonds is 5. The number of phenols is 1. The van der Waals surface area contributed by atoms with Crippen molar-refractivity contribution < 1.29 is 17.9 Å². The molecule has 0 fully saturated rings. The van der Waals surface area contributed by atoms with Crippen LogP contribution in [0.5, 0.6) is 5.75 Å². The summed E-state index contributed by atoms with van der Waals surface area (Å²) in [4.78, 5) is 0. The van der Waals surface area contributed by atoms with Crippen LogP contribution in [0.25, 0.3) is 11.3 Å². The molecule has 1 heterocycles. The quantitative estimate of drug-likeness (QED) is 0.546. The molecular weight excluding hydrogens is 359 g/mol. The largest absolute Gasteiger partial charge is 0.505 e. The van der Waals surface area contributed by atoms with E-state index in [9.17, 15) is 17.9 Å². The number of phenolic OH excluding ortho intramolecular Hbond substituents is 1. The van der Waals surface area contributed by atoms with Gasteiger partial charge in [-0.15, -0.1) is 0 Å². The summed E-state index contributed by atoms with van der Waals surface area (Å²) in [5.41, 5.74) is 3.17. The summed E-state index contributed by atoms with van der Waals surface area (Å²) in [6.07, 6.45) is 1.09. The molecule has 0 unspecified atom stereocenters. The number of anilines is 3. The first-order valence-electron chi connectivity index (χ1n) is 7.61. The van der Waals surface area contributed by atoms with E-state index in [1.165, 1.54) is 12.1 Å². The van der Waals surface area contributed by atoms with E-state index in [-0.39, 0.29) is 0 Å². The Kier molecular flexibility index (Phi) is 4.56. The minimum absolute atomic E-state index is 0.412. The number of nitrogens with one attached hydrogen (secondary N) is 3. The summed E-state index contributed by atoms with van der Waals surface area (Å²) in [6.45, 7) is 1.83. The van der Waals surface area contributed by atoms with Gasteiger partial charge in [-0.05, 0) is 48.9 Å². The van der Waals surface area contributed by atoms with E-state index in [4.69, 9.17) is 0 Å². The number of hydrogen-bond acceptors (Lipinski definition) is 5. The van der Waals surface area contributed by atoms with E-state index >= 15 is 0 Å². The summed E-state index contributed by atoms with van der Waals surface area (Å²) in [6, 6.07) is 10.8. The van der Waals surface area contributed by atoms with Crippen molar-refractivity contribution in [2.24, 2.45) is 0 Å². The molecule has 1 aromatic heterocycles. The summed E-state index contributed by atoms with van der Waals surface area (Å²) in [7, 11) is -3.34. The number of H-pyrrole nitrogens is 1. The van der Waals surface area contributed by atoms with Crippen LogP contribution in [0.15, 0.2) is 42.5 Å². The molecule has 0 radical (unpaired) electrons. The number of aryl methyl sites for hydroxylation is 1. The lowest BCUT2D eigenvalue weighted by molar-refractivity contribution is 0.432. The molecule has 0 atom stereocenters. The average molecular weight is 376 g/mol. The topological polar surface area (TPSA) is 107 Å². The van der Waals surface area contributed by atoms with Gasteiger partial charge < -0.3 is 10.4 Å². The van der Waals surface area contributed by atoms with Gasteiger partial charge in [-0.25, -0.2) is 12.8 Å². The molecule has 0 saturated heterocycles. The van der Waals surface area contributed by atoms with Gasteiger partial charge in [0.15, 0.2) is 17.4 Å². The standard InChI is InChI=1S/C17H17FN4O3S/c1-10-7-12(22-26(2,24)25)4-5-14(10)19-17-9-15(20-21-17)11-3-6-16(23)13(18)8-11/h3-9,22-23H,1-2H3,(H2,19,20,21). The maximum absolute atomic E-state index is 13.5. The van der Waals surface area contributed by atoms with Crippen LogP contribution in [0.3, 0.4) is 0 Å². The van der Waals surface area contributed by atoms with Gasteiger partial charge in [0.2, 0.25) is 10.0 Å². The molecule has 9 heteroatoms. The molecule has 3 rings (SSSR count). The summed E-state index contributed by atoms with van der Waals surface area (Å²) in [5.74, 6) is -0.609. The van der Waals surface area contributed by atoms with Crippen molar-refractivity contribution in [3.8, 4) is 17.0 Å². The number of aromatic hydroxyl groups is 1. The second-order valence-corrected chi connectivity index (χ2v) is 7.61. The Bertz CT molecular complexity index is 1060. The lowest BCUT2D eigenvalue weighted by Gasteiger charge is -2.10. The first-order valence-corrected chi connectivity index (χ1v) is 9.50. The van der Waals surface area contributed by atoms with E-state index in [1.807, 2.05) is 6.92 Å². The summed E-state index contributed by atoms with van der Waals surface area (Å²) in [5, 5.41) is 19.3. The predicted molar refractivity (Wildman–Crippen MR) is 98.6 cm³/mol. The van der Waals surface area contributed by atoms with Crippen molar-refractivity contribution >= 4 is 27.2 Å². The Morgan fingerprint density at radius 3 is 2.58 bits per heavy atom. The van der Waals surface area contributed by atoms with Gasteiger partial charge in [0.1, 0.15) is 0 Å². The Labute approximate surface area is 149 Å². The van der Waals surface area contributed by atoms with E-state index in [1.54, 1.807) is 30.3 Å². The van der Waals surface area contributed by atoms with E-state index in [0.717, 1.165) is 17.5 Å². The van der Waals surface area contributed by atoms with Gasteiger partial charge in [0.05, 0.1) is 11.9 Å². The molecule has 2 aromatic carbocycles. The van der Waals surface area contributed by atoms with E-state index in [0.29, 0.717) is 22.8 Å². The van der Waals surface area contributed by atoms with Crippen LogP contribution in [0.4, 0.5) is 21.6 Å². The van der Waals surface area contributed by atoms with Crippen molar-refractivity contribution in [3.63, 3.8) is 0 Å².